The molecule has 2 unspecified atom stereocenters. The summed E-state index contributed by atoms with van der Waals surface area (Å²) in [6, 6.07) is -0.00128. The van der Waals surface area contributed by atoms with Crippen molar-refractivity contribution >= 4 is 5.91 Å². The molecule has 0 bridgehead atoms. The second-order valence-electron chi connectivity index (χ2n) is 8.94. The Hall–Kier alpha value is -1.17. The number of hydrogen-bond acceptors (Lipinski definition) is 4. The molecule has 28 heavy (non-hydrogen) atoms. The molecule has 5 nitrogen and oxygen atoms in total. The van der Waals surface area contributed by atoms with Crippen molar-refractivity contribution < 1.29 is 14.6 Å². The lowest BCUT2D eigenvalue weighted by Gasteiger charge is -2.42. The standard InChI is InChI=1S/C23H38N2O3/c1-4-18-13-20-19(12-17(18)2)8-11-25(21(20)15-28-3)22(26)14-24-16-23(27)9-6-5-7-10-23/h12-13,17-18,21,24,27H,4-11,14-16H2,1-3H3/t17?,18?,21-/m0/s1. The van der Waals surface area contributed by atoms with E-state index in [0.717, 1.165) is 45.1 Å². The third kappa shape index (κ3) is 4.87. The molecular formula is C23H38N2O3. The summed E-state index contributed by atoms with van der Waals surface area (Å²) >= 11 is 0. The molecular weight excluding hydrogens is 352 g/mol. The van der Waals surface area contributed by atoms with E-state index < -0.39 is 5.60 Å². The highest BCUT2D eigenvalue weighted by atomic mass is 16.5. The van der Waals surface area contributed by atoms with Gasteiger partial charge in [0, 0.05) is 20.2 Å². The van der Waals surface area contributed by atoms with Gasteiger partial charge in [0.2, 0.25) is 5.91 Å². The Labute approximate surface area is 170 Å². The van der Waals surface area contributed by atoms with E-state index in [2.05, 4.69) is 31.3 Å². The van der Waals surface area contributed by atoms with Gasteiger partial charge in [-0.2, -0.15) is 0 Å². The van der Waals surface area contributed by atoms with Gasteiger partial charge >= 0.3 is 0 Å². The predicted molar refractivity (Wildman–Crippen MR) is 112 cm³/mol. The summed E-state index contributed by atoms with van der Waals surface area (Å²) in [7, 11) is 1.71. The van der Waals surface area contributed by atoms with E-state index in [9.17, 15) is 9.90 Å². The van der Waals surface area contributed by atoms with Crippen LogP contribution in [0.1, 0.15) is 58.8 Å². The Kier molecular flexibility index (Phi) is 7.35. The van der Waals surface area contributed by atoms with Gasteiger partial charge in [0.25, 0.3) is 0 Å². The first kappa shape index (κ1) is 21.5. The Morgan fingerprint density at radius 1 is 1.32 bits per heavy atom. The van der Waals surface area contributed by atoms with Crippen LogP contribution < -0.4 is 5.32 Å². The van der Waals surface area contributed by atoms with Crippen molar-refractivity contribution in [1.29, 1.82) is 0 Å². The molecule has 0 aromatic rings. The van der Waals surface area contributed by atoms with Crippen molar-refractivity contribution in [1.82, 2.24) is 10.2 Å². The van der Waals surface area contributed by atoms with Gasteiger partial charge in [0.05, 0.1) is 24.8 Å². The number of hydrogen-bond donors (Lipinski definition) is 2. The number of rotatable bonds is 7. The largest absolute Gasteiger partial charge is 0.389 e. The third-order valence-electron chi connectivity index (χ3n) is 6.89. The van der Waals surface area contributed by atoms with E-state index in [1.165, 1.54) is 17.6 Å². The van der Waals surface area contributed by atoms with E-state index in [4.69, 9.17) is 4.74 Å². The maximum Gasteiger partial charge on any atom is 0.237 e. The van der Waals surface area contributed by atoms with Gasteiger partial charge < -0.3 is 20.1 Å². The zero-order valence-corrected chi connectivity index (χ0v) is 17.9. The molecule has 2 fully saturated rings. The number of allylic oxidation sites excluding steroid dienone is 2. The fraction of sp³-hybridized carbons (Fsp3) is 0.783. The number of nitrogens with one attached hydrogen (secondary N) is 1. The first-order chi connectivity index (χ1) is 13.5. The number of carbonyl (C=O) groups excluding carboxylic acids is 1. The number of fused-ring (bicyclic) bond motifs is 1. The van der Waals surface area contributed by atoms with Crippen molar-refractivity contribution in [2.45, 2.75) is 70.4 Å². The molecule has 158 valence electrons. The molecule has 0 aromatic heterocycles. The molecule has 3 atom stereocenters. The van der Waals surface area contributed by atoms with E-state index >= 15 is 0 Å². The minimum absolute atomic E-state index is 0.00128. The van der Waals surface area contributed by atoms with Crippen molar-refractivity contribution in [3.63, 3.8) is 0 Å². The zero-order chi connectivity index (χ0) is 20.1. The lowest BCUT2D eigenvalue weighted by Crippen LogP contribution is -2.52. The molecule has 0 spiro atoms. The number of likely N-dealkylation sites (tertiary alicyclic amines) is 1. The molecule has 5 heteroatoms. The topological polar surface area (TPSA) is 61.8 Å². The molecule has 1 aliphatic heterocycles. The number of methoxy groups -OCH3 is 1. The Morgan fingerprint density at radius 3 is 2.75 bits per heavy atom. The number of piperidine rings is 1. The highest BCUT2D eigenvalue weighted by Crippen LogP contribution is 2.37. The van der Waals surface area contributed by atoms with E-state index in [1.807, 2.05) is 4.90 Å². The monoisotopic (exact) mass is 390 g/mol. The first-order valence-electron chi connectivity index (χ1n) is 11.1. The van der Waals surface area contributed by atoms with Gasteiger partial charge in [0.1, 0.15) is 0 Å². The molecule has 1 amide bonds. The first-order valence-corrected chi connectivity index (χ1v) is 11.1. The van der Waals surface area contributed by atoms with Crippen LogP contribution in [0.3, 0.4) is 0 Å². The summed E-state index contributed by atoms with van der Waals surface area (Å²) in [6.07, 6.45) is 11.9. The smallest absolute Gasteiger partial charge is 0.237 e. The van der Waals surface area contributed by atoms with Gasteiger partial charge in [-0.1, -0.05) is 45.3 Å². The summed E-state index contributed by atoms with van der Waals surface area (Å²) in [6.45, 7) is 6.58. The maximum absolute atomic E-state index is 13.0. The van der Waals surface area contributed by atoms with Crippen LogP contribution in [0.2, 0.25) is 0 Å². The summed E-state index contributed by atoms with van der Waals surface area (Å²) in [5.74, 6) is 1.20. The maximum atomic E-state index is 13.0. The number of aliphatic hydroxyl groups is 1. The highest BCUT2D eigenvalue weighted by molar-refractivity contribution is 5.79. The second kappa shape index (κ2) is 9.55. The molecule has 1 heterocycles. The Morgan fingerprint density at radius 2 is 2.07 bits per heavy atom. The quantitative estimate of drug-likeness (QED) is 0.701. The van der Waals surface area contributed by atoms with Gasteiger partial charge in [-0.3, -0.25) is 4.79 Å². The zero-order valence-electron chi connectivity index (χ0n) is 17.9. The molecule has 0 radical (unpaired) electrons. The Bertz CT molecular complexity index is 607. The third-order valence-corrected chi connectivity index (χ3v) is 6.89. The summed E-state index contributed by atoms with van der Waals surface area (Å²) < 4.78 is 5.50. The van der Waals surface area contributed by atoms with Crippen molar-refractivity contribution in [2.75, 3.05) is 33.4 Å². The van der Waals surface area contributed by atoms with Crippen LogP contribution in [0.4, 0.5) is 0 Å². The predicted octanol–water partition coefficient (Wildman–Crippen LogP) is 3.05. The van der Waals surface area contributed by atoms with Crippen LogP contribution >= 0.6 is 0 Å². The van der Waals surface area contributed by atoms with Gasteiger partial charge in [0.15, 0.2) is 0 Å². The molecule has 2 N–H and O–H groups in total. The van der Waals surface area contributed by atoms with E-state index in [-0.39, 0.29) is 18.5 Å². The van der Waals surface area contributed by atoms with Crippen molar-refractivity contribution in [2.24, 2.45) is 11.8 Å². The van der Waals surface area contributed by atoms with Crippen LogP contribution in [0.25, 0.3) is 0 Å². The minimum atomic E-state index is -0.640. The summed E-state index contributed by atoms with van der Waals surface area (Å²) in [5.41, 5.74) is 2.05. The van der Waals surface area contributed by atoms with Crippen LogP contribution in [0, 0.1) is 11.8 Å². The SMILES string of the molecule is CCC1C=C2C(=CC1C)CCN(C(=O)CNCC1(O)CCCCC1)[C@H]2COC. The second-order valence-corrected chi connectivity index (χ2v) is 8.94. The molecule has 1 saturated heterocycles. The normalized spacial score (nSPS) is 29.7. The molecule has 2 aliphatic carbocycles. The average Bonchev–Trinajstić information content (AvgIpc) is 2.68. The van der Waals surface area contributed by atoms with Crippen molar-refractivity contribution in [3.05, 3.63) is 23.3 Å². The van der Waals surface area contributed by atoms with Crippen LogP contribution in [0.15, 0.2) is 23.3 Å². The van der Waals surface area contributed by atoms with Gasteiger partial charge in [-0.15, -0.1) is 0 Å². The van der Waals surface area contributed by atoms with Crippen molar-refractivity contribution in [3.8, 4) is 0 Å². The molecule has 3 aliphatic rings. The lowest BCUT2D eigenvalue weighted by atomic mass is 9.77. The average molecular weight is 391 g/mol. The van der Waals surface area contributed by atoms with E-state index in [1.54, 1.807) is 7.11 Å². The molecule has 3 rings (SSSR count). The van der Waals surface area contributed by atoms with Crippen LogP contribution in [0.5, 0.6) is 0 Å². The number of carbonyl (C=O) groups is 1. The fourth-order valence-corrected chi connectivity index (χ4v) is 5.16. The number of nitrogens with zero attached hydrogens (tertiary/aromatic N) is 1. The summed E-state index contributed by atoms with van der Waals surface area (Å²) in [5, 5.41) is 13.9. The van der Waals surface area contributed by atoms with Gasteiger partial charge in [-0.05, 0) is 48.7 Å². The van der Waals surface area contributed by atoms with Crippen LogP contribution in [-0.2, 0) is 9.53 Å². The molecule has 0 aromatic carbocycles. The Balaban J connectivity index is 1.63. The molecule has 1 saturated carbocycles. The number of ether oxygens (including phenoxy) is 1. The highest BCUT2D eigenvalue weighted by Gasteiger charge is 2.36. The summed E-state index contributed by atoms with van der Waals surface area (Å²) in [4.78, 5) is 15.0. The van der Waals surface area contributed by atoms with E-state index in [0.29, 0.717) is 25.0 Å². The minimum Gasteiger partial charge on any atom is -0.389 e. The number of amides is 1. The van der Waals surface area contributed by atoms with Gasteiger partial charge in [-0.25, -0.2) is 0 Å². The lowest BCUT2D eigenvalue weighted by molar-refractivity contribution is -0.133. The fourth-order valence-electron chi connectivity index (χ4n) is 5.16. The van der Waals surface area contributed by atoms with Crippen LogP contribution in [-0.4, -0.2) is 60.9 Å².